The molecule has 0 amide bonds. The Labute approximate surface area is 250 Å². The molecule has 0 atom stereocenters. The Balaban J connectivity index is -0.000000218. The van der Waals surface area contributed by atoms with E-state index >= 15 is 0 Å². The molecule has 0 aliphatic heterocycles. The predicted octanol–water partition coefficient (Wildman–Crippen LogP) is 14.2. The van der Waals surface area contributed by atoms with Crippen LogP contribution in [0.2, 0.25) is 0 Å². The van der Waals surface area contributed by atoms with Gasteiger partial charge in [-0.2, -0.15) is 19.3 Å². The van der Waals surface area contributed by atoms with Crippen LogP contribution in [-0.4, -0.2) is 0 Å². The van der Waals surface area contributed by atoms with Gasteiger partial charge < -0.3 is 20.8 Å². The quantitative estimate of drug-likeness (QED) is 0.0530. The summed E-state index contributed by atoms with van der Waals surface area (Å²) in [5.41, 5.74) is 0. The van der Waals surface area contributed by atoms with Gasteiger partial charge in [-0.05, 0) is 0 Å². The van der Waals surface area contributed by atoms with Gasteiger partial charge in [-0.25, -0.2) is 0 Å². The average Bonchev–Trinajstić information content (AvgIpc) is 2.90. The Kier molecular flexibility index (Phi) is 59.5. The first kappa shape index (κ1) is 44.5. The van der Waals surface area contributed by atoms with Gasteiger partial charge in [0.2, 0.25) is 0 Å². The van der Waals surface area contributed by atoms with Crippen molar-refractivity contribution < 1.29 is 17.1 Å². The van der Waals surface area contributed by atoms with Crippen molar-refractivity contribution in [2.75, 3.05) is 0 Å². The maximum absolute atomic E-state index is 3.84. The van der Waals surface area contributed by atoms with Crippen LogP contribution in [0.1, 0.15) is 213 Å². The summed E-state index contributed by atoms with van der Waals surface area (Å²) >= 11 is 0. The molecule has 0 spiro atoms. The summed E-state index contributed by atoms with van der Waals surface area (Å²) in [5, 5.41) is 0. The van der Waals surface area contributed by atoms with E-state index in [0.29, 0.717) is 0 Å². The van der Waals surface area contributed by atoms with E-state index in [1.165, 1.54) is 173 Å². The molecule has 1 heteroatoms. The molecule has 0 saturated heterocycles. The van der Waals surface area contributed by atoms with Crippen LogP contribution in [0.4, 0.5) is 0 Å². The van der Waals surface area contributed by atoms with Crippen molar-refractivity contribution in [3.8, 4) is 0 Å². The van der Waals surface area contributed by atoms with E-state index in [9.17, 15) is 0 Å². The fourth-order valence-corrected chi connectivity index (χ4v) is 4.46. The zero-order valence-corrected chi connectivity index (χ0v) is 27.8. The number of hydrogen-bond acceptors (Lipinski definition) is 0. The fraction of sp³-hybridized carbons (Fsp3) is 0.917. The van der Waals surface area contributed by atoms with Crippen molar-refractivity contribution >= 4 is 0 Å². The first-order chi connectivity index (χ1) is 17.7. The second kappa shape index (κ2) is 49.5. The Morgan fingerprint density at radius 3 is 0.514 bits per heavy atom. The summed E-state index contributed by atoms with van der Waals surface area (Å²) < 4.78 is 0. The van der Waals surface area contributed by atoms with Crippen LogP contribution in [0.5, 0.6) is 0 Å². The summed E-state index contributed by atoms with van der Waals surface area (Å²) in [6.45, 7) is 18.3. The predicted molar refractivity (Wildman–Crippen MR) is 172 cm³/mol. The molecule has 1 radical (unpaired) electrons. The minimum Gasteiger partial charge on any atom is -0.343 e. The standard InChI is InChI=1S/3C12H25.Fe/c3*1-3-5-7-9-11-12-10-8-6-4-2;/h3*1,3-12H2,2H3;/q3*-1;+3. The molecule has 0 saturated carbocycles. The van der Waals surface area contributed by atoms with Crippen molar-refractivity contribution in [3.05, 3.63) is 20.8 Å². The largest absolute Gasteiger partial charge is 3.00 e. The monoisotopic (exact) mass is 564 g/mol. The van der Waals surface area contributed by atoms with Gasteiger partial charge in [-0.1, -0.05) is 194 Å². The zero-order valence-electron chi connectivity index (χ0n) is 26.7. The minimum absolute atomic E-state index is 0. The van der Waals surface area contributed by atoms with Crippen LogP contribution in [0, 0.1) is 20.8 Å². The maximum atomic E-state index is 3.84. The first-order valence-corrected chi connectivity index (χ1v) is 17.1. The molecule has 0 heterocycles. The van der Waals surface area contributed by atoms with Gasteiger partial charge in [0.05, 0.1) is 0 Å². The van der Waals surface area contributed by atoms with E-state index < -0.39 is 0 Å². The van der Waals surface area contributed by atoms with Crippen molar-refractivity contribution in [3.63, 3.8) is 0 Å². The Morgan fingerprint density at radius 1 is 0.243 bits per heavy atom. The Hall–Kier alpha value is 0.519. The SMILES string of the molecule is [CH2-]CCCCCCCCCCC.[CH2-]CCCCCCCCCCC.[CH2-]CCCCCCCCCCC.[Fe+3]. The zero-order chi connectivity index (χ0) is 27.2. The van der Waals surface area contributed by atoms with Crippen molar-refractivity contribution in [2.45, 2.75) is 213 Å². The topological polar surface area (TPSA) is 0 Å². The van der Waals surface area contributed by atoms with Gasteiger partial charge in [0.15, 0.2) is 0 Å². The van der Waals surface area contributed by atoms with Crippen LogP contribution in [0.25, 0.3) is 0 Å². The third-order valence-electron chi connectivity index (χ3n) is 7.06. The van der Waals surface area contributed by atoms with Crippen LogP contribution in [-0.2, 0) is 17.1 Å². The summed E-state index contributed by atoms with van der Waals surface area (Å²) in [5.74, 6) is 0. The van der Waals surface area contributed by atoms with E-state index in [1.54, 1.807) is 0 Å². The van der Waals surface area contributed by atoms with Gasteiger partial charge in [-0.3, -0.25) is 0 Å². The Bertz CT molecular complexity index is 223. The van der Waals surface area contributed by atoms with Crippen LogP contribution >= 0.6 is 0 Å². The molecule has 227 valence electrons. The van der Waals surface area contributed by atoms with Gasteiger partial charge >= 0.3 is 17.1 Å². The second-order valence-electron chi connectivity index (χ2n) is 11.0. The van der Waals surface area contributed by atoms with Crippen molar-refractivity contribution in [1.29, 1.82) is 0 Å². The van der Waals surface area contributed by atoms with Crippen molar-refractivity contribution in [1.82, 2.24) is 0 Å². The molecule has 37 heavy (non-hydrogen) atoms. The Morgan fingerprint density at radius 2 is 0.378 bits per heavy atom. The van der Waals surface area contributed by atoms with Crippen LogP contribution in [0.3, 0.4) is 0 Å². The van der Waals surface area contributed by atoms with Crippen LogP contribution < -0.4 is 0 Å². The maximum Gasteiger partial charge on any atom is 3.00 e. The fourth-order valence-electron chi connectivity index (χ4n) is 4.46. The summed E-state index contributed by atoms with van der Waals surface area (Å²) in [6, 6.07) is 0. The third kappa shape index (κ3) is 57.5. The molecular weight excluding hydrogens is 488 g/mol. The number of unbranched alkanes of at least 4 members (excludes halogenated alkanes) is 27. The van der Waals surface area contributed by atoms with E-state index in [-0.39, 0.29) is 17.1 Å². The molecular formula is C36H75Fe. The van der Waals surface area contributed by atoms with Crippen molar-refractivity contribution in [2.24, 2.45) is 0 Å². The smallest absolute Gasteiger partial charge is 0.343 e. The molecule has 0 rings (SSSR count). The first-order valence-electron chi connectivity index (χ1n) is 17.1. The molecule has 0 aromatic heterocycles. The van der Waals surface area contributed by atoms with Gasteiger partial charge in [0.25, 0.3) is 0 Å². The number of rotatable bonds is 27. The molecule has 0 aliphatic carbocycles. The summed E-state index contributed by atoms with van der Waals surface area (Å²) in [4.78, 5) is 0. The van der Waals surface area contributed by atoms with Gasteiger partial charge in [0.1, 0.15) is 0 Å². The minimum atomic E-state index is 0. The van der Waals surface area contributed by atoms with E-state index in [1.807, 2.05) is 0 Å². The van der Waals surface area contributed by atoms with E-state index in [2.05, 4.69) is 41.5 Å². The summed E-state index contributed by atoms with van der Waals surface area (Å²) in [6.07, 6.45) is 41.7. The average molecular weight is 564 g/mol. The molecule has 0 bridgehead atoms. The molecule has 0 aromatic carbocycles. The molecule has 0 aromatic rings. The molecule has 0 N–H and O–H groups in total. The van der Waals surface area contributed by atoms with Crippen LogP contribution in [0.15, 0.2) is 0 Å². The van der Waals surface area contributed by atoms with E-state index in [4.69, 9.17) is 0 Å². The third-order valence-corrected chi connectivity index (χ3v) is 7.06. The molecule has 0 aliphatic rings. The van der Waals surface area contributed by atoms with Gasteiger partial charge in [-0.15, -0.1) is 0 Å². The molecule has 0 nitrogen and oxygen atoms in total. The molecule has 0 fully saturated rings. The van der Waals surface area contributed by atoms with Gasteiger partial charge in [0, 0.05) is 0 Å². The van der Waals surface area contributed by atoms with E-state index in [0.717, 1.165) is 19.3 Å². The summed E-state index contributed by atoms with van der Waals surface area (Å²) in [7, 11) is 0. The second-order valence-corrected chi connectivity index (χ2v) is 11.0. The number of hydrogen-bond donors (Lipinski definition) is 0. The normalized spacial score (nSPS) is 10.2. The molecule has 0 unspecified atom stereocenters.